The van der Waals surface area contributed by atoms with Gasteiger partial charge in [0, 0.05) is 42.8 Å². The fourth-order valence-corrected chi connectivity index (χ4v) is 3.83. The number of benzene rings is 2. The minimum Gasteiger partial charge on any atom is -0.335 e. The lowest BCUT2D eigenvalue weighted by molar-refractivity contribution is 0.0536. The largest absolute Gasteiger partial charge is 0.335 e. The van der Waals surface area contributed by atoms with Gasteiger partial charge < -0.3 is 9.80 Å². The Labute approximate surface area is 171 Å². The number of hydrogen-bond acceptors (Lipinski definition) is 3. The van der Waals surface area contributed by atoms with E-state index >= 15 is 0 Å². The molecule has 0 spiro atoms. The molecule has 5 nitrogen and oxygen atoms in total. The Bertz CT molecular complexity index is 1050. The number of amides is 2. The van der Waals surface area contributed by atoms with Gasteiger partial charge in [-0.1, -0.05) is 37.3 Å². The number of nitrogens with zero attached hydrogens (tertiary/aromatic N) is 3. The summed E-state index contributed by atoms with van der Waals surface area (Å²) in [5, 5.41) is 0.873. The maximum Gasteiger partial charge on any atom is 0.254 e. The second-order valence-corrected chi connectivity index (χ2v) is 7.46. The molecule has 0 unspecified atom stereocenters. The Hall–Kier alpha value is -3.21. The Kier molecular flexibility index (Phi) is 5.30. The first kappa shape index (κ1) is 19.1. The fraction of sp³-hybridized carbons (Fsp3) is 0.292. The number of pyridine rings is 1. The molecule has 5 heteroatoms. The van der Waals surface area contributed by atoms with E-state index in [-0.39, 0.29) is 11.8 Å². The van der Waals surface area contributed by atoms with Crippen LogP contribution in [0.15, 0.2) is 54.6 Å². The van der Waals surface area contributed by atoms with Crippen molar-refractivity contribution < 1.29 is 9.59 Å². The lowest BCUT2D eigenvalue weighted by atomic mass is 10.1. The predicted molar refractivity (Wildman–Crippen MR) is 114 cm³/mol. The lowest BCUT2D eigenvalue weighted by Gasteiger charge is -2.35. The normalized spacial score (nSPS) is 14.3. The van der Waals surface area contributed by atoms with Crippen LogP contribution in [0.4, 0.5) is 0 Å². The third-order valence-electron chi connectivity index (χ3n) is 5.54. The summed E-state index contributed by atoms with van der Waals surface area (Å²) in [7, 11) is 0. The minimum atomic E-state index is 0.00565. The van der Waals surface area contributed by atoms with Crippen molar-refractivity contribution in [2.24, 2.45) is 0 Å². The van der Waals surface area contributed by atoms with Crippen LogP contribution in [0.5, 0.6) is 0 Å². The van der Waals surface area contributed by atoms with Crippen LogP contribution >= 0.6 is 0 Å². The summed E-state index contributed by atoms with van der Waals surface area (Å²) in [5.41, 5.74) is 4.27. The Morgan fingerprint density at radius 2 is 1.52 bits per heavy atom. The first-order valence-corrected chi connectivity index (χ1v) is 10.1. The second kappa shape index (κ2) is 8.03. The zero-order chi connectivity index (χ0) is 20.4. The van der Waals surface area contributed by atoms with Crippen molar-refractivity contribution >= 4 is 22.7 Å². The van der Waals surface area contributed by atoms with Gasteiger partial charge in [-0.25, -0.2) is 0 Å². The van der Waals surface area contributed by atoms with Gasteiger partial charge in [-0.05, 0) is 43.2 Å². The zero-order valence-corrected chi connectivity index (χ0v) is 16.9. The van der Waals surface area contributed by atoms with E-state index in [1.807, 2.05) is 71.3 Å². The van der Waals surface area contributed by atoms with Crippen molar-refractivity contribution in [1.82, 2.24) is 14.8 Å². The first-order valence-electron chi connectivity index (χ1n) is 10.1. The molecular weight excluding hydrogens is 362 g/mol. The molecule has 2 aromatic carbocycles. The number of piperazine rings is 1. The Balaban J connectivity index is 1.47. The molecule has 2 amide bonds. The zero-order valence-electron chi connectivity index (χ0n) is 16.9. The molecule has 29 heavy (non-hydrogen) atoms. The predicted octanol–water partition coefficient (Wildman–Crippen LogP) is 3.70. The third-order valence-corrected chi connectivity index (χ3v) is 5.54. The summed E-state index contributed by atoms with van der Waals surface area (Å²) in [5.74, 6) is 0.0380. The van der Waals surface area contributed by atoms with Crippen molar-refractivity contribution in [2.45, 2.75) is 20.3 Å². The van der Waals surface area contributed by atoms with Gasteiger partial charge in [-0.2, -0.15) is 0 Å². The molecular formula is C24H25N3O2. The van der Waals surface area contributed by atoms with Crippen LogP contribution in [0, 0.1) is 6.92 Å². The number of rotatable bonds is 3. The first-order chi connectivity index (χ1) is 14.1. The van der Waals surface area contributed by atoms with Gasteiger partial charge in [0.15, 0.2) is 0 Å². The highest BCUT2D eigenvalue weighted by atomic mass is 16.2. The molecule has 4 rings (SSSR count). The highest BCUT2D eigenvalue weighted by Gasteiger charge is 2.26. The van der Waals surface area contributed by atoms with E-state index in [9.17, 15) is 9.59 Å². The van der Waals surface area contributed by atoms with Crippen molar-refractivity contribution in [3.63, 3.8) is 0 Å². The molecule has 0 saturated carbocycles. The molecule has 148 valence electrons. The van der Waals surface area contributed by atoms with Crippen molar-refractivity contribution in [3.05, 3.63) is 77.0 Å². The average molecular weight is 387 g/mol. The summed E-state index contributed by atoms with van der Waals surface area (Å²) in [6, 6.07) is 17.4. The Morgan fingerprint density at radius 1 is 0.897 bits per heavy atom. The molecule has 1 fully saturated rings. The molecule has 3 aromatic rings. The maximum atomic E-state index is 13.2. The summed E-state index contributed by atoms with van der Waals surface area (Å²) in [4.78, 5) is 34.2. The number of para-hydroxylation sites is 1. The van der Waals surface area contributed by atoms with Gasteiger partial charge in [0.1, 0.15) is 0 Å². The second-order valence-electron chi connectivity index (χ2n) is 7.46. The number of aromatic nitrogens is 1. The maximum absolute atomic E-state index is 13.2. The summed E-state index contributed by atoms with van der Waals surface area (Å²) < 4.78 is 0. The van der Waals surface area contributed by atoms with Crippen LogP contribution in [0.25, 0.3) is 10.9 Å². The minimum absolute atomic E-state index is 0.00565. The SMILES string of the molecule is CCc1ccc(C(=O)N2CCN(C(=O)c3cc(C)nc4ccccc34)CC2)cc1. The van der Waals surface area contributed by atoms with E-state index in [2.05, 4.69) is 11.9 Å². The average Bonchev–Trinajstić information content (AvgIpc) is 2.77. The van der Waals surface area contributed by atoms with E-state index in [1.165, 1.54) is 5.56 Å². The Morgan fingerprint density at radius 3 is 2.17 bits per heavy atom. The van der Waals surface area contributed by atoms with E-state index in [0.29, 0.717) is 37.3 Å². The quantitative estimate of drug-likeness (QED) is 0.689. The fourth-order valence-electron chi connectivity index (χ4n) is 3.83. The molecule has 0 aliphatic carbocycles. The van der Waals surface area contributed by atoms with E-state index in [0.717, 1.165) is 23.0 Å². The van der Waals surface area contributed by atoms with Crippen LogP contribution in [0.1, 0.15) is 38.9 Å². The van der Waals surface area contributed by atoms with Crippen LogP contribution in [0.2, 0.25) is 0 Å². The van der Waals surface area contributed by atoms with Crippen LogP contribution in [0.3, 0.4) is 0 Å². The van der Waals surface area contributed by atoms with Gasteiger partial charge in [-0.3, -0.25) is 14.6 Å². The van der Waals surface area contributed by atoms with E-state index in [1.54, 1.807) is 0 Å². The molecule has 0 bridgehead atoms. The smallest absolute Gasteiger partial charge is 0.254 e. The van der Waals surface area contributed by atoms with Gasteiger partial charge >= 0.3 is 0 Å². The third kappa shape index (κ3) is 3.86. The van der Waals surface area contributed by atoms with Gasteiger partial charge in [0.25, 0.3) is 11.8 Å². The lowest BCUT2D eigenvalue weighted by Crippen LogP contribution is -2.50. The summed E-state index contributed by atoms with van der Waals surface area (Å²) in [6.07, 6.45) is 0.957. The van der Waals surface area contributed by atoms with E-state index in [4.69, 9.17) is 0 Å². The van der Waals surface area contributed by atoms with Gasteiger partial charge in [-0.15, -0.1) is 0 Å². The molecule has 0 N–H and O–H groups in total. The van der Waals surface area contributed by atoms with Crippen LogP contribution < -0.4 is 0 Å². The molecule has 0 radical (unpaired) electrons. The molecule has 1 aromatic heterocycles. The molecule has 0 atom stereocenters. The molecule has 1 aliphatic rings. The molecule has 1 aliphatic heterocycles. The van der Waals surface area contributed by atoms with Gasteiger partial charge in [0.2, 0.25) is 0 Å². The van der Waals surface area contributed by atoms with Crippen LogP contribution in [-0.4, -0.2) is 52.8 Å². The molecule has 2 heterocycles. The van der Waals surface area contributed by atoms with Gasteiger partial charge in [0.05, 0.1) is 11.1 Å². The number of carbonyl (C=O) groups excluding carboxylic acids is 2. The van der Waals surface area contributed by atoms with Crippen molar-refractivity contribution in [3.8, 4) is 0 Å². The van der Waals surface area contributed by atoms with E-state index < -0.39 is 0 Å². The number of carbonyl (C=O) groups is 2. The molecule has 1 saturated heterocycles. The number of hydrogen-bond donors (Lipinski definition) is 0. The topological polar surface area (TPSA) is 53.5 Å². The van der Waals surface area contributed by atoms with Crippen molar-refractivity contribution in [2.75, 3.05) is 26.2 Å². The van der Waals surface area contributed by atoms with Crippen LogP contribution in [-0.2, 0) is 6.42 Å². The number of fused-ring (bicyclic) bond motifs is 1. The summed E-state index contributed by atoms with van der Waals surface area (Å²) in [6.45, 7) is 6.16. The van der Waals surface area contributed by atoms with Crippen molar-refractivity contribution in [1.29, 1.82) is 0 Å². The standard InChI is InChI=1S/C24H25N3O2/c1-3-18-8-10-19(11-9-18)23(28)26-12-14-27(15-13-26)24(29)21-16-17(2)25-22-7-5-4-6-20(21)22/h4-11,16H,3,12-15H2,1-2H3. The summed E-state index contributed by atoms with van der Waals surface area (Å²) >= 11 is 0. The highest BCUT2D eigenvalue weighted by Crippen LogP contribution is 2.21. The highest BCUT2D eigenvalue weighted by molar-refractivity contribution is 6.06. The monoisotopic (exact) mass is 387 g/mol. The number of aryl methyl sites for hydroxylation is 2.